The van der Waals surface area contributed by atoms with E-state index < -0.39 is 0 Å². The summed E-state index contributed by atoms with van der Waals surface area (Å²) in [4.78, 5) is 12.9. The second-order valence-electron chi connectivity index (χ2n) is 3.99. The molecule has 0 aromatic carbocycles. The molecule has 0 atom stereocenters. The van der Waals surface area contributed by atoms with Crippen molar-refractivity contribution in [2.24, 2.45) is 0 Å². The fraction of sp³-hybridized carbons (Fsp3) is 0.462. The molecule has 0 aliphatic rings. The molecule has 96 valence electrons. The molecule has 5 nitrogen and oxygen atoms in total. The highest BCUT2D eigenvalue weighted by atomic mass is 16.5. The van der Waals surface area contributed by atoms with Gasteiger partial charge in [0.2, 0.25) is 0 Å². The number of hydrogen-bond acceptors (Lipinski definition) is 5. The summed E-state index contributed by atoms with van der Waals surface area (Å²) in [6.07, 6.45) is 4.48. The van der Waals surface area contributed by atoms with E-state index in [1.807, 2.05) is 19.9 Å². The Morgan fingerprint density at radius 3 is 3.06 bits per heavy atom. The van der Waals surface area contributed by atoms with E-state index in [1.165, 1.54) is 0 Å². The van der Waals surface area contributed by atoms with E-state index in [-0.39, 0.29) is 0 Å². The molecule has 0 aliphatic heterocycles. The predicted molar refractivity (Wildman–Crippen MR) is 71.7 cm³/mol. The zero-order valence-electron chi connectivity index (χ0n) is 10.8. The van der Waals surface area contributed by atoms with Crippen molar-refractivity contribution in [3.63, 3.8) is 0 Å². The number of aryl methyl sites for hydroxylation is 1. The van der Waals surface area contributed by atoms with Crippen LogP contribution in [0.3, 0.4) is 0 Å². The van der Waals surface area contributed by atoms with Crippen LogP contribution in [-0.4, -0.2) is 34.7 Å². The van der Waals surface area contributed by atoms with Crippen molar-refractivity contribution in [2.75, 3.05) is 25.1 Å². The van der Waals surface area contributed by atoms with Crippen molar-refractivity contribution in [3.8, 4) is 0 Å². The predicted octanol–water partition coefficient (Wildman–Crippen LogP) is 2.17. The molecule has 2 aromatic heterocycles. The minimum absolute atomic E-state index is 0.753. The molecule has 1 N–H and O–H groups in total. The van der Waals surface area contributed by atoms with Gasteiger partial charge in [0.05, 0.1) is 11.7 Å². The normalized spacial score (nSPS) is 10.8. The van der Waals surface area contributed by atoms with Crippen LogP contribution in [0.2, 0.25) is 0 Å². The van der Waals surface area contributed by atoms with Crippen molar-refractivity contribution in [1.82, 2.24) is 15.0 Å². The van der Waals surface area contributed by atoms with Gasteiger partial charge < -0.3 is 10.1 Å². The molecule has 18 heavy (non-hydrogen) atoms. The largest absolute Gasteiger partial charge is 0.382 e. The Balaban J connectivity index is 2.07. The summed E-state index contributed by atoms with van der Waals surface area (Å²) >= 11 is 0. The van der Waals surface area contributed by atoms with Crippen molar-refractivity contribution in [1.29, 1.82) is 0 Å². The summed E-state index contributed by atoms with van der Waals surface area (Å²) < 4.78 is 5.30. The topological polar surface area (TPSA) is 59.9 Å². The van der Waals surface area contributed by atoms with E-state index in [1.54, 1.807) is 12.4 Å². The Morgan fingerprint density at radius 2 is 2.22 bits per heavy atom. The first-order chi connectivity index (χ1) is 8.81. The molecular weight excluding hydrogens is 228 g/mol. The smallest absolute Gasteiger partial charge is 0.137 e. The fourth-order valence-electron chi connectivity index (χ4n) is 1.76. The third kappa shape index (κ3) is 3.13. The van der Waals surface area contributed by atoms with Gasteiger partial charge in [0.15, 0.2) is 0 Å². The molecule has 5 heteroatoms. The summed E-state index contributed by atoms with van der Waals surface area (Å²) in [6, 6.07) is 1.93. The van der Waals surface area contributed by atoms with Gasteiger partial charge in [0, 0.05) is 31.3 Å². The number of nitrogens with zero attached hydrogens (tertiary/aromatic N) is 3. The zero-order valence-corrected chi connectivity index (χ0v) is 10.8. The second-order valence-corrected chi connectivity index (χ2v) is 3.99. The number of aromatic nitrogens is 3. The van der Waals surface area contributed by atoms with Crippen LogP contribution in [0.15, 0.2) is 18.5 Å². The van der Waals surface area contributed by atoms with Crippen LogP contribution in [0.25, 0.3) is 10.9 Å². The molecule has 0 spiro atoms. The van der Waals surface area contributed by atoms with Crippen LogP contribution in [0.4, 0.5) is 5.82 Å². The Morgan fingerprint density at radius 1 is 1.33 bits per heavy atom. The Hall–Kier alpha value is -1.75. The molecule has 0 bridgehead atoms. The van der Waals surface area contributed by atoms with Gasteiger partial charge in [-0.15, -0.1) is 0 Å². The lowest BCUT2D eigenvalue weighted by Crippen LogP contribution is -2.08. The molecular formula is C13H18N4O. The second kappa shape index (κ2) is 6.26. The molecule has 0 aliphatic carbocycles. The molecule has 2 aromatic rings. The average molecular weight is 246 g/mol. The van der Waals surface area contributed by atoms with Gasteiger partial charge in [-0.05, 0) is 26.3 Å². The lowest BCUT2D eigenvalue weighted by Gasteiger charge is -2.09. The molecule has 0 saturated heterocycles. The number of nitrogens with one attached hydrogen (secondary N) is 1. The number of rotatable bonds is 6. The summed E-state index contributed by atoms with van der Waals surface area (Å²) in [7, 11) is 0. The van der Waals surface area contributed by atoms with Crippen LogP contribution in [0.1, 0.15) is 19.2 Å². The van der Waals surface area contributed by atoms with Crippen molar-refractivity contribution in [3.05, 3.63) is 24.3 Å². The van der Waals surface area contributed by atoms with E-state index in [2.05, 4.69) is 20.3 Å². The molecule has 0 radical (unpaired) electrons. The van der Waals surface area contributed by atoms with Crippen LogP contribution in [-0.2, 0) is 4.74 Å². The third-order valence-electron chi connectivity index (χ3n) is 2.57. The molecule has 0 saturated carbocycles. The van der Waals surface area contributed by atoms with Gasteiger partial charge in [-0.2, -0.15) is 0 Å². The summed E-state index contributed by atoms with van der Waals surface area (Å²) in [6.45, 7) is 6.27. The van der Waals surface area contributed by atoms with Gasteiger partial charge in [-0.25, -0.2) is 9.97 Å². The summed E-state index contributed by atoms with van der Waals surface area (Å²) in [5.41, 5.74) is 0.873. The molecule has 2 rings (SSSR count). The molecule has 2 heterocycles. The number of hydrogen-bond donors (Lipinski definition) is 1. The highest BCUT2D eigenvalue weighted by Gasteiger charge is 2.04. The summed E-state index contributed by atoms with van der Waals surface area (Å²) in [5.74, 6) is 1.62. The van der Waals surface area contributed by atoms with Gasteiger partial charge in [0.1, 0.15) is 11.6 Å². The Kier molecular flexibility index (Phi) is 4.41. The van der Waals surface area contributed by atoms with Crippen LogP contribution >= 0.6 is 0 Å². The first-order valence-corrected chi connectivity index (χ1v) is 6.21. The molecule has 0 fully saturated rings. The van der Waals surface area contributed by atoms with Crippen LogP contribution in [0, 0.1) is 6.92 Å². The van der Waals surface area contributed by atoms with Crippen LogP contribution in [0.5, 0.6) is 0 Å². The minimum Gasteiger partial charge on any atom is -0.382 e. The van der Waals surface area contributed by atoms with E-state index in [0.29, 0.717) is 0 Å². The van der Waals surface area contributed by atoms with Crippen molar-refractivity contribution >= 4 is 16.7 Å². The highest BCUT2D eigenvalue weighted by Crippen LogP contribution is 2.18. The maximum atomic E-state index is 5.30. The van der Waals surface area contributed by atoms with E-state index in [9.17, 15) is 0 Å². The summed E-state index contributed by atoms with van der Waals surface area (Å²) in [5, 5.41) is 4.33. The average Bonchev–Trinajstić information content (AvgIpc) is 2.38. The minimum atomic E-state index is 0.753. The number of fused-ring (bicyclic) bond motifs is 1. The first kappa shape index (κ1) is 12.7. The van der Waals surface area contributed by atoms with Gasteiger partial charge >= 0.3 is 0 Å². The number of ether oxygens (including phenoxy) is 1. The monoisotopic (exact) mass is 246 g/mol. The fourth-order valence-corrected chi connectivity index (χ4v) is 1.76. The highest BCUT2D eigenvalue weighted by molar-refractivity contribution is 5.88. The quantitative estimate of drug-likeness (QED) is 0.791. The Bertz CT molecular complexity index is 515. The van der Waals surface area contributed by atoms with Crippen molar-refractivity contribution < 1.29 is 4.74 Å². The van der Waals surface area contributed by atoms with E-state index in [0.717, 1.165) is 48.7 Å². The standard InChI is InChI=1S/C13H18N4O/c1-3-18-8-4-6-15-13-11-5-7-14-9-12(11)16-10(2)17-13/h5,7,9H,3-4,6,8H2,1-2H3,(H,15,16,17). The molecule has 0 amide bonds. The maximum absolute atomic E-state index is 5.30. The third-order valence-corrected chi connectivity index (χ3v) is 2.57. The molecule has 0 unspecified atom stereocenters. The van der Waals surface area contributed by atoms with E-state index >= 15 is 0 Å². The Labute approximate surface area is 107 Å². The number of anilines is 1. The SMILES string of the molecule is CCOCCCNc1nc(C)nc2cnccc12. The van der Waals surface area contributed by atoms with Crippen molar-refractivity contribution in [2.45, 2.75) is 20.3 Å². The van der Waals surface area contributed by atoms with Gasteiger partial charge in [-0.3, -0.25) is 4.98 Å². The zero-order chi connectivity index (χ0) is 12.8. The lowest BCUT2D eigenvalue weighted by atomic mass is 10.3. The maximum Gasteiger partial charge on any atom is 0.137 e. The van der Waals surface area contributed by atoms with Gasteiger partial charge in [0.25, 0.3) is 0 Å². The van der Waals surface area contributed by atoms with Gasteiger partial charge in [-0.1, -0.05) is 0 Å². The lowest BCUT2D eigenvalue weighted by molar-refractivity contribution is 0.147. The first-order valence-electron chi connectivity index (χ1n) is 6.21. The van der Waals surface area contributed by atoms with Crippen LogP contribution < -0.4 is 5.32 Å². The number of pyridine rings is 1. The van der Waals surface area contributed by atoms with E-state index in [4.69, 9.17) is 4.74 Å².